The van der Waals surface area contributed by atoms with Crippen LogP contribution in [0.2, 0.25) is 0 Å². The Labute approximate surface area is 350 Å². The van der Waals surface area contributed by atoms with Crippen molar-refractivity contribution in [3.8, 4) is 0 Å². The Kier molecular flexibility index (Phi) is 39.0. The summed E-state index contributed by atoms with van der Waals surface area (Å²) in [6.07, 6.45) is 40.6. The molecule has 334 valence electrons. The number of nitrogens with zero attached hydrogens (tertiary/aromatic N) is 1. The van der Waals surface area contributed by atoms with Crippen LogP contribution in [0.25, 0.3) is 0 Å². The van der Waals surface area contributed by atoms with Crippen molar-refractivity contribution in [3.63, 3.8) is 0 Å². The predicted molar refractivity (Wildman–Crippen MR) is 233 cm³/mol. The highest BCUT2D eigenvalue weighted by Crippen LogP contribution is 2.15. The number of esters is 2. The van der Waals surface area contributed by atoms with Crippen LogP contribution in [-0.4, -0.2) is 82.3 Å². The molecule has 0 fully saturated rings. The van der Waals surface area contributed by atoms with E-state index in [0.29, 0.717) is 23.9 Å². The second kappa shape index (κ2) is 40.5. The van der Waals surface area contributed by atoms with E-state index in [2.05, 4.69) is 38.2 Å². The average molecular weight is 808 g/mol. The molecule has 2 unspecified atom stereocenters. The highest BCUT2D eigenvalue weighted by Gasteiger charge is 2.21. The number of rotatable bonds is 43. The van der Waals surface area contributed by atoms with Crippen LogP contribution >= 0.6 is 0 Å². The van der Waals surface area contributed by atoms with Gasteiger partial charge in [0.25, 0.3) is 0 Å². The summed E-state index contributed by atoms with van der Waals surface area (Å²) in [6.45, 7) is 4.70. The number of allylic oxidation sites excluding steroid dienone is 4. The smallest absolute Gasteiger partial charge is 0.306 e. The molecule has 57 heavy (non-hydrogen) atoms. The van der Waals surface area contributed by atoms with Crippen molar-refractivity contribution in [1.29, 1.82) is 0 Å². The van der Waals surface area contributed by atoms with E-state index in [4.69, 9.17) is 18.9 Å². The maximum absolute atomic E-state index is 12.7. The molecule has 0 saturated heterocycles. The number of carbonyl (C=O) groups excluding carboxylic acids is 3. The molecular formula is C48H89NO8. The van der Waals surface area contributed by atoms with Crippen molar-refractivity contribution in [2.24, 2.45) is 0 Å². The maximum Gasteiger partial charge on any atom is 0.306 e. The monoisotopic (exact) mass is 808 g/mol. The second-order valence-electron chi connectivity index (χ2n) is 17.1. The van der Waals surface area contributed by atoms with Crippen LogP contribution in [0.15, 0.2) is 24.3 Å². The molecule has 0 N–H and O–H groups in total. The fourth-order valence-electron chi connectivity index (χ4n) is 6.49. The Morgan fingerprint density at radius 3 is 1.44 bits per heavy atom. The van der Waals surface area contributed by atoms with E-state index >= 15 is 0 Å². The standard InChI is InChI=1S/C48H89NO8/c1-6-8-10-12-14-16-18-20-22-23-24-25-27-28-30-32-34-36-38-45(50)55-42-44(43-56-48(47(52)53)54-41-40-49(3,4)5)57-46(51)39-37-35-33-31-29-26-21-19-17-15-13-11-9-7-2/h13,15,19,21,44,48H,6-12,14,16-18,20,22-43H2,1-5H3/b15-13-,21-19-. The molecule has 9 nitrogen and oxygen atoms in total. The highest BCUT2D eigenvalue weighted by molar-refractivity contribution is 5.70. The van der Waals surface area contributed by atoms with E-state index in [0.717, 1.165) is 64.2 Å². The van der Waals surface area contributed by atoms with E-state index in [1.54, 1.807) is 0 Å². The largest absolute Gasteiger partial charge is 0.545 e. The number of hydrogen-bond donors (Lipinski definition) is 0. The van der Waals surface area contributed by atoms with Gasteiger partial charge in [0.1, 0.15) is 13.2 Å². The molecule has 0 aromatic heterocycles. The van der Waals surface area contributed by atoms with Gasteiger partial charge in [-0.05, 0) is 38.5 Å². The summed E-state index contributed by atoms with van der Waals surface area (Å²) in [4.78, 5) is 37.0. The summed E-state index contributed by atoms with van der Waals surface area (Å²) >= 11 is 0. The Bertz CT molecular complexity index is 991. The zero-order valence-corrected chi connectivity index (χ0v) is 37.7. The molecule has 0 rings (SSSR count). The van der Waals surface area contributed by atoms with Gasteiger partial charge in [0.05, 0.1) is 40.3 Å². The van der Waals surface area contributed by atoms with E-state index in [-0.39, 0.29) is 32.2 Å². The molecule has 0 aromatic carbocycles. The van der Waals surface area contributed by atoms with Crippen LogP contribution in [0.5, 0.6) is 0 Å². The molecule has 0 radical (unpaired) electrons. The number of carbonyl (C=O) groups is 3. The Morgan fingerprint density at radius 2 is 0.965 bits per heavy atom. The molecular weight excluding hydrogens is 719 g/mol. The number of carboxylic acids is 1. The van der Waals surface area contributed by atoms with Gasteiger partial charge >= 0.3 is 11.9 Å². The predicted octanol–water partition coefficient (Wildman–Crippen LogP) is 11.1. The maximum atomic E-state index is 12.7. The van der Waals surface area contributed by atoms with Gasteiger partial charge < -0.3 is 33.3 Å². The Morgan fingerprint density at radius 1 is 0.526 bits per heavy atom. The number of likely N-dealkylation sites (N-methyl/N-ethyl adjacent to an activating group) is 1. The molecule has 0 spiro atoms. The van der Waals surface area contributed by atoms with Crippen molar-refractivity contribution in [1.82, 2.24) is 0 Å². The quantitative estimate of drug-likeness (QED) is 0.0197. The summed E-state index contributed by atoms with van der Waals surface area (Å²) < 4.78 is 22.6. The summed E-state index contributed by atoms with van der Waals surface area (Å²) in [6, 6.07) is 0. The number of carboxylic acid groups (broad SMARTS) is 1. The number of hydrogen-bond acceptors (Lipinski definition) is 8. The lowest BCUT2D eigenvalue weighted by Crippen LogP contribution is -2.44. The minimum atomic E-state index is -1.62. The van der Waals surface area contributed by atoms with Crippen LogP contribution in [0.4, 0.5) is 0 Å². The number of ether oxygens (including phenoxy) is 4. The first kappa shape index (κ1) is 54.8. The first-order valence-electron chi connectivity index (χ1n) is 23.5. The van der Waals surface area contributed by atoms with Crippen LogP contribution in [0.1, 0.15) is 206 Å². The first-order chi connectivity index (χ1) is 27.6. The van der Waals surface area contributed by atoms with Gasteiger partial charge in [-0.3, -0.25) is 9.59 Å². The van der Waals surface area contributed by atoms with Gasteiger partial charge in [-0.1, -0.05) is 179 Å². The summed E-state index contributed by atoms with van der Waals surface area (Å²) in [5.41, 5.74) is 0. The van der Waals surface area contributed by atoms with E-state index in [1.165, 1.54) is 109 Å². The normalized spacial score (nSPS) is 13.1. The minimum Gasteiger partial charge on any atom is -0.545 e. The Hall–Kier alpha value is -2.23. The molecule has 0 heterocycles. The molecule has 2 atom stereocenters. The van der Waals surface area contributed by atoms with Crippen molar-refractivity contribution < 1.29 is 42.9 Å². The topological polar surface area (TPSA) is 111 Å². The van der Waals surface area contributed by atoms with Gasteiger partial charge in [0, 0.05) is 12.8 Å². The zero-order chi connectivity index (χ0) is 42.1. The fraction of sp³-hybridized carbons (Fsp3) is 0.854. The first-order valence-corrected chi connectivity index (χ1v) is 23.5. The third-order valence-electron chi connectivity index (χ3n) is 10.2. The van der Waals surface area contributed by atoms with Gasteiger partial charge in [-0.2, -0.15) is 0 Å². The molecule has 0 aromatic rings. The highest BCUT2D eigenvalue weighted by atomic mass is 16.7. The number of aliphatic carboxylic acids is 1. The van der Waals surface area contributed by atoms with Crippen LogP contribution in [-0.2, 0) is 33.3 Å². The SMILES string of the molecule is CCCC/C=C\C/C=C\CCCCCCCC(=O)OC(COC(=O)CCCCCCCCCCCCCCCCCCCC)COC(OCC[N+](C)(C)C)C(=O)[O-]. The summed E-state index contributed by atoms with van der Waals surface area (Å²) in [5.74, 6) is -2.29. The fourth-order valence-corrected chi connectivity index (χ4v) is 6.49. The summed E-state index contributed by atoms with van der Waals surface area (Å²) in [7, 11) is 5.91. The Balaban J connectivity index is 4.38. The van der Waals surface area contributed by atoms with E-state index < -0.39 is 24.3 Å². The van der Waals surface area contributed by atoms with Gasteiger partial charge in [0.15, 0.2) is 12.4 Å². The number of unbranched alkanes of at least 4 members (excludes halogenated alkanes) is 24. The van der Waals surface area contributed by atoms with Crippen LogP contribution in [0.3, 0.4) is 0 Å². The average Bonchev–Trinajstić information content (AvgIpc) is 3.17. The van der Waals surface area contributed by atoms with Crippen molar-refractivity contribution in [2.75, 3.05) is 47.5 Å². The lowest BCUT2D eigenvalue weighted by atomic mass is 10.0. The minimum absolute atomic E-state index is 0.147. The van der Waals surface area contributed by atoms with Crippen LogP contribution < -0.4 is 5.11 Å². The van der Waals surface area contributed by atoms with Gasteiger partial charge in [-0.15, -0.1) is 0 Å². The lowest BCUT2D eigenvalue weighted by Gasteiger charge is -2.26. The molecule has 0 bridgehead atoms. The zero-order valence-electron chi connectivity index (χ0n) is 37.7. The molecule has 0 aliphatic rings. The molecule has 0 aliphatic heterocycles. The van der Waals surface area contributed by atoms with E-state index in [1.807, 2.05) is 21.1 Å². The molecule has 9 heteroatoms. The summed E-state index contributed by atoms with van der Waals surface area (Å²) in [5, 5.41) is 11.7. The van der Waals surface area contributed by atoms with Crippen molar-refractivity contribution >= 4 is 17.9 Å². The third kappa shape index (κ3) is 41.7. The van der Waals surface area contributed by atoms with Crippen molar-refractivity contribution in [3.05, 3.63) is 24.3 Å². The van der Waals surface area contributed by atoms with Gasteiger partial charge in [-0.25, -0.2) is 0 Å². The lowest BCUT2D eigenvalue weighted by molar-refractivity contribution is -0.870. The van der Waals surface area contributed by atoms with Gasteiger partial charge in [0.2, 0.25) is 0 Å². The molecule has 0 saturated carbocycles. The number of quaternary nitrogens is 1. The molecule has 0 amide bonds. The molecule has 0 aliphatic carbocycles. The third-order valence-corrected chi connectivity index (χ3v) is 10.2. The second-order valence-corrected chi connectivity index (χ2v) is 17.1. The van der Waals surface area contributed by atoms with Crippen molar-refractivity contribution in [2.45, 2.75) is 219 Å². The van der Waals surface area contributed by atoms with E-state index in [9.17, 15) is 19.5 Å². The van der Waals surface area contributed by atoms with Crippen LogP contribution in [0, 0.1) is 0 Å².